The van der Waals surface area contributed by atoms with Crippen molar-refractivity contribution in [1.29, 1.82) is 0 Å². The van der Waals surface area contributed by atoms with E-state index in [-0.39, 0.29) is 43.3 Å². The number of aryl methyl sites for hydroxylation is 2. The molecule has 0 aliphatic carbocycles. The number of ether oxygens (including phenoxy) is 2. The van der Waals surface area contributed by atoms with Gasteiger partial charge in [0, 0.05) is 56.8 Å². The number of nitrogens with zero attached hydrogens (tertiary/aromatic N) is 4. The summed E-state index contributed by atoms with van der Waals surface area (Å²) in [6.45, 7) is 11.2. The molecule has 1 fully saturated rings. The molecule has 43 heavy (non-hydrogen) atoms. The lowest BCUT2D eigenvalue weighted by Crippen LogP contribution is -2.48. The molecule has 13 nitrogen and oxygen atoms in total. The van der Waals surface area contributed by atoms with Gasteiger partial charge in [-0.1, -0.05) is 12.1 Å². The Bertz CT molecular complexity index is 1260. The molecule has 1 saturated heterocycles. The van der Waals surface area contributed by atoms with E-state index in [0.717, 1.165) is 13.1 Å². The molecule has 0 bridgehead atoms. The average molecular weight is 601 g/mol. The summed E-state index contributed by atoms with van der Waals surface area (Å²) in [5.41, 5.74) is 2.30. The second kappa shape index (κ2) is 14.7. The molecule has 4 amide bonds. The Hall–Kier alpha value is -3.68. The Kier molecular flexibility index (Phi) is 11.0. The summed E-state index contributed by atoms with van der Waals surface area (Å²) in [4.78, 5) is 44.7. The van der Waals surface area contributed by atoms with Crippen LogP contribution in [0, 0.1) is 19.8 Å². The van der Waals surface area contributed by atoms with Crippen molar-refractivity contribution in [2.75, 3.05) is 70.2 Å². The number of carbonyl (C=O) groups excluding carboxylic acids is 3. The molecule has 3 N–H and O–H groups in total. The lowest BCUT2D eigenvalue weighted by molar-refractivity contribution is -0.134. The number of aliphatic hydroxyl groups excluding tert-OH is 1. The van der Waals surface area contributed by atoms with Crippen molar-refractivity contribution in [2.24, 2.45) is 5.92 Å². The minimum absolute atomic E-state index is 0.0406. The largest absolute Gasteiger partial charge is 0.488 e. The highest BCUT2D eigenvalue weighted by atomic mass is 16.5. The fraction of sp³-hybridized carbons (Fsp3) is 0.600. The van der Waals surface area contributed by atoms with E-state index in [2.05, 4.69) is 20.7 Å². The van der Waals surface area contributed by atoms with Crippen molar-refractivity contribution < 1.29 is 33.5 Å². The van der Waals surface area contributed by atoms with E-state index >= 15 is 0 Å². The zero-order valence-corrected chi connectivity index (χ0v) is 25.7. The number of carbonyl (C=O) groups is 3. The lowest BCUT2D eigenvalue weighted by atomic mass is 10.0. The summed E-state index contributed by atoms with van der Waals surface area (Å²) < 4.78 is 17.0. The van der Waals surface area contributed by atoms with Crippen molar-refractivity contribution >= 4 is 29.2 Å². The highest BCUT2D eigenvalue weighted by Crippen LogP contribution is 2.29. The summed E-state index contributed by atoms with van der Waals surface area (Å²) in [5, 5.41) is 19.6. The molecule has 0 radical (unpaired) electrons. The molecular formula is C30H44N6O7. The van der Waals surface area contributed by atoms with E-state index in [9.17, 15) is 19.5 Å². The van der Waals surface area contributed by atoms with Gasteiger partial charge in [-0.2, -0.15) is 0 Å². The second-order valence-electron chi connectivity index (χ2n) is 11.5. The quantitative estimate of drug-likeness (QED) is 0.394. The smallest absolute Gasteiger partial charge is 0.321 e. The Balaban J connectivity index is 1.51. The van der Waals surface area contributed by atoms with E-state index in [1.54, 1.807) is 50.9 Å². The van der Waals surface area contributed by atoms with Gasteiger partial charge >= 0.3 is 6.03 Å². The maximum absolute atomic E-state index is 13.5. The van der Waals surface area contributed by atoms with Crippen molar-refractivity contribution in [2.45, 2.75) is 52.7 Å². The Morgan fingerprint density at radius 2 is 1.95 bits per heavy atom. The zero-order valence-electron chi connectivity index (χ0n) is 25.7. The van der Waals surface area contributed by atoms with E-state index in [4.69, 9.17) is 14.0 Å². The molecule has 2 aromatic rings. The van der Waals surface area contributed by atoms with Gasteiger partial charge in [0.15, 0.2) is 5.76 Å². The van der Waals surface area contributed by atoms with Crippen LogP contribution in [0.5, 0.6) is 5.75 Å². The molecule has 4 rings (SSSR count). The van der Waals surface area contributed by atoms with Gasteiger partial charge in [0.05, 0.1) is 38.8 Å². The number of urea groups is 1. The highest BCUT2D eigenvalue weighted by Gasteiger charge is 2.32. The number of amides is 4. The summed E-state index contributed by atoms with van der Waals surface area (Å²) in [6.07, 6.45) is -0.0951. The van der Waals surface area contributed by atoms with E-state index in [0.29, 0.717) is 66.9 Å². The van der Waals surface area contributed by atoms with Gasteiger partial charge in [0.25, 0.3) is 0 Å². The summed E-state index contributed by atoms with van der Waals surface area (Å²) >= 11 is 0. The van der Waals surface area contributed by atoms with Gasteiger partial charge in [-0.15, -0.1) is 0 Å². The van der Waals surface area contributed by atoms with Gasteiger partial charge in [0.1, 0.15) is 23.2 Å². The number of anilines is 2. The van der Waals surface area contributed by atoms with Crippen LogP contribution in [-0.2, 0) is 20.7 Å². The third kappa shape index (κ3) is 8.46. The Labute approximate surface area is 252 Å². The number of aliphatic hydroxyl groups is 1. The first kappa shape index (κ1) is 32.2. The number of rotatable bonds is 9. The van der Waals surface area contributed by atoms with Gasteiger partial charge in [0.2, 0.25) is 11.8 Å². The van der Waals surface area contributed by atoms with Crippen LogP contribution >= 0.6 is 0 Å². The molecule has 1 aromatic carbocycles. The van der Waals surface area contributed by atoms with Crippen LogP contribution in [0.3, 0.4) is 0 Å². The van der Waals surface area contributed by atoms with Crippen LogP contribution in [0.15, 0.2) is 22.7 Å². The predicted octanol–water partition coefficient (Wildman–Crippen LogP) is 2.27. The topological polar surface area (TPSA) is 150 Å². The van der Waals surface area contributed by atoms with Crippen LogP contribution in [0.4, 0.5) is 16.2 Å². The van der Waals surface area contributed by atoms with E-state index in [1.807, 2.05) is 6.92 Å². The Morgan fingerprint density at radius 3 is 2.63 bits per heavy atom. The molecular weight excluding hydrogens is 556 g/mol. The molecule has 0 unspecified atom stereocenters. The number of benzene rings is 1. The normalized spacial score (nSPS) is 20.2. The fourth-order valence-electron chi connectivity index (χ4n) is 5.25. The zero-order chi connectivity index (χ0) is 31.1. The first-order chi connectivity index (χ1) is 20.5. The maximum Gasteiger partial charge on any atom is 0.321 e. The van der Waals surface area contributed by atoms with Crippen LogP contribution in [0.1, 0.15) is 37.3 Å². The molecule has 236 valence electrons. The van der Waals surface area contributed by atoms with Crippen LogP contribution in [0.2, 0.25) is 0 Å². The average Bonchev–Trinajstić information content (AvgIpc) is 3.32. The van der Waals surface area contributed by atoms with Gasteiger partial charge in [-0.25, -0.2) is 4.79 Å². The monoisotopic (exact) mass is 600 g/mol. The van der Waals surface area contributed by atoms with E-state index in [1.165, 1.54) is 4.90 Å². The minimum atomic E-state index is -0.479. The van der Waals surface area contributed by atoms with Crippen molar-refractivity contribution in [3.63, 3.8) is 0 Å². The number of hydrogen-bond acceptors (Lipinski definition) is 9. The lowest BCUT2D eigenvalue weighted by Gasteiger charge is -2.34. The van der Waals surface area contributed by atoms with Gasteiger partial charge in [-0.05, 0) is 39.0 Å². The fourth-order valence-corrected chi connectivity index (χ4v) is 5.25. The van der Waals surface area contributed by atoms with Crippen LogP contribution in [-0.4, -0.2) is 115 Å². The summed E-state index contributed by atoms with van der Waals surface area (Å²) in [6, 6.07) is 4.53. The van der Waals surface area contributed by atoms with Crippen molar-refractivity contribution in [3.05, 3.63) is 35.2 Å². The molecule has 3 atom stereocenters. The predicted molar refractivity (Wildman–Crippen MR) is 160 cm³/mol. The van der Waals surface area contributed by atoms with Crippen molar-refractivity contribution in [1.82, 2.24) is 19.9 Å². The summed E-state index contributed by atoms with van der Waals surface area (Å²) in [5.74, 6) is 0.567. The number of morpholine rings is 1. The Morgan fingerprint density at radius 1 is 1.21 bits per heavy atom. The summed E-state index contributed by atoms with van der Waals surface area (Å²) in [7, 11) is 1.67. The van der Waals surface area contributed by atoms with Gasteiger partial charge < -0.3 is 39.5 Å². The number of nitrogens with one attached hydrogen (secondary N) is 2. The standard InChI is InChI=1S/C30H44N6O7/c1-19-16-36(20(2)18-37)28(39)15-23-14-24(31-27(38)8-9-35-10-12-41-13-11-35)6-7-25(23)42-26(19)17-34(5)30(40)32-29-21(3)33-43-22(29)4/h6-7,14,19-20,26,37H,8-13,15-18H2,1-5H3,(H,31,38)(H,32,40)/t19-,20+,26+/m0/s1. The maximum atomic E-state index is 13.5. The third-order valence-electron chi connectivity index (χ3n) is 8.02. The SMILES string of the molecule is Cc1noc(C)c1NC(=O)N(C)C[C@H]1Oc2ccc(NC(=O)CCN3CCOCC3)cc2CC(=O)N([C@H](C)CO)C[C@@H]1C. The van der Waals surface area contributed by atoms with Crippen molar-refractivity contribution in [3.8, 4) is 5.75 Å². The van der Waals surface area contributed by atoms with Gasteiger partial charge in [-0.3, -0.25) is 14.5 Å². The van der Waals surface area contributed by atoms with E-state index < -0.39 is 12.1 Å². The number of hydrogen-bond donors (Lipinski definition) is 3. The first-order valence-corrected chi connectivity index (χ1v) is 14.8. The molecule has 0 saturated carbocycles. The molecule has 2 aliphatic heterocycles. The van der Waals surface area contributed by atoms with Crippen LogP contribution < -0.4 is 15.4 Å². The van der Waals surface area contributed by atoms with Crippen LogP contribution in [0.25, 0.3) is 0 Å². The molecule has 2 aliphatic rings. The second-order valence-corrected chi connectivity index (χ2v) is 11.5. The molecule has 3 heterocycles. The molecule has 13 heteroatoms. The third-order valence-corrected chi connectivity index (χ3v) is 8.02. The minimum Gasteiger partial charge on any atom is -0.488 e. The number of likely N-dealkylation sites (N-methyl/N-ethyl adjacent to an activating group) is 1. The molecule has 1 aromatic heterocycles. The first-order valence-electron chi connectivity index (χ1n) is 14.8. The molecule has 0 spiro atoms. The highest BCUT2D eigenvalue weighted by molar-refractivity contribution is 5.91. The number of fused-ring (bicyclic) bond motifs is 1. The number of aromatic nitrogens is 1.